The highest BCUT2D eigenvalue weighted by molar-refractivity contribution is 5.97. The van der Waals surface area contributed by atoms with Gasteiger partial charge >= 0.3 is 0 Å². The highest BCUT2D eigenvalue weighted by Gasteiger charge is 2.33. The molecule has 0 aliphatic carbocycles. The second kappa shape index (κ2) is 7.19. The van der Waals surface area contributed by atoms with Crippen LogP contribution in [0.5, 0.6) is 11.5 Å². The van der Waals surface area contributed by atoms with Crippen molar-refractivity contribution in [3.05, 3.63) is 23.8 Å². The Labute approximate surface area is 136 Å². The number of carbonyl (C=O) groups is 1. The maximum atomic E-state index is 12.6. The maximum absolute atomic E-state index is 12.6. The van der Waals surface area contributed by atoms with Gasteiger partial charge in [-0.25, -0.2) is 0 Å². The fourth-order valence-electron chi connectivity index (χ4n) is 3.25. The molecule has 1 aromatic carbocycles. The molecule has 1 amide bonds. The fraction of sp³-hybridized carbons (Fsp3) is 0.588. The minimum atomic E-state index is -0.124. The van der Waals surface area contributed by atoms with Crippen LogP contribution in [-0.2, 0) is 4.74 Å². The minimum Gasteiger partial charge on any atom is -0.486 e. The predicted octanol–water partition coefficient (Wildman–Crippen LogP) is 1.20. The summed E-state index contributed by atoms with van der Waals surface area (Å²) < 4.78 is 16.5. The van der Waals surface area contributed by atoms with E-state index in [1.54, 1.807) is 13.2 Å². The maximum Gasteiger partial charge on any atom is 0.255 e. The van der Waals surface area contributed by atoms with Crippen molar-refractivity contribution in [1.29, 1.82) is 0 Å². The van der Waals surface area contributed by atoms with Gasteiger partial charge in [-0.1, -0.05) is 6.07 Å². The van der Waals surface area contributed by atoms with E-state index >= 15 is 0 Å². The van der Waals surface area contributed by atoms with Gasteiger partial charge in [0.25, 0.3) is 5.91 Å². The summed E-state index contributed by atoms with van der Waals surface area (Å²) in [5, 5.41) is 6.42. The van der Waals surface area contributed by atoms with Crippen molar-refractivity contribution in [2.75, 3.05) is 46.6 Å². The zero-order chi connectivity index (χ0) is 16.1. The summed E-state index contributed by atoms with van der Waals surface area (Å²) in [4.78, 5) is 12.6. The molecule has 0 saturated carbocycles. The lowest BCUT2D eigenvalue weighted by Crippen LogP contribution is -2.47. The van der Waals surface area contributed by atoms with E-state index in [0.717, 1.165) is 25.9 Å². The lowest BCUT2D eigenvalue weighted by Gasteiger charge is -2.37. The van der Waals surface area contributed by atoms with Crippen LogP contribution in [-0.4, -0.2) is 52.5 Å². The predicted molar refractivity (Wildman–Crippen MR) is 86.2 cm³/mol. The number of fused-ring (bicyclic) bond motifs is 1. The van der Waals surface area contributed by atoms with Crippen molar-refractivity contribution in [3.8, 4) is 11.5 Å². The van der Waals surface area contributed by atoms with Crippen molar-refractivity contribution in [3.63, 3.8) is 0 Å². The SMILES string of the molecule is COCC1(CNC(=O)c2cccc3c2OCCO3)CCNCC1. The van der Waals surface area contributed by atoms with Crippen LogP contribution in [0.4, 0.5) is 0 Å². The van der Waals surface area contributed by atoms with Crippen molar-refractivity contribution < 1.29 is 19.0 Å². The first-order valence-electron chi connectivity index (χ1n) is 8.11. The molecule has 1 aromatic rings. The molecule has 0 aromatic heterocycles. The monoisotopic (exact) mass is 320 g/mol. The molecule has 3 rings (SSSR count). The molecule has 2 aliphatic heterocycles. The van der Waals surface area contributed by atoms with Gasteiger partial charge in [0, 0.05) is 19.1 Å². The third-order valence-electron chi connectivity index (χ3n) is 4.55. The molecule has 2 aliphatic rings. The van der Waals surface area contributed by atoms with Crippen LogP contribution in [0.3, 0.4) is 0 Å². The average molecular weight is 320 g/mol. The van der Waals surface area contributed by atoms with Gasteiger partial charge in [-0.15, -0.1) is 0 Å². The Balaban J connectivity index is 1.69. The van der Waals surface area contributed by atoms with Crippen molar-refractivity contribution in [2.45, 2.75) is 12.8 Å². The molecule has 6 heteroatoms. The molecular formula is C17H24N2O4. The number of ether oxygens (including phenoxy) is 3. The minimum absolute atomic E-state index is 0.00184. The molecule has 0 spiro atoms. The van der Waals surface area contributed by atoms with E-state index in [-0.39, 0.29) is 11.3 Å². The van der Waals surface area contributed by atoms with E-state index in [1.807, 2.05) is 12.1 Å². The molecule has 0 radical (unpaired) electrons. The standard InChI is InChI=1S/C17H24N2O4/c1-21-12-17(5-7-18-8-6-17)11-19-16(20)13-3-2-4-14-15(13)23-10-9-22-14/h2-4,18H,5-12H2,1H3,(H,19,20). The summed E-state index contributed by atoms with van der Waals surface area (Å²) in [6.45, 7) is 4.15. The van der Waals surface area contributed by atoms with Gasteiger partial charge in [-0.3, -0.25) is 4.79 Å². The number of carbonyl (C=O) groups excluding carboxylic acids is 1. The zero-order valence-corrected chi connectivity index (χ0v) is 13.5. The highest BCUT2D eigenvalue weighted by atomic mass is 16.6. The molecule has 0 atom stereocenters. The van der Waals surface area contributed by atoms with Crippen molar-refractivity contribution >= 4 is 5.91 Å². The average Bonchev–Trinajstić information content (AvgIpc) is 2.60. The molecule has 6 nitrogen and oxygen atoms in total. The Morgan fingerprint density at radius 2 is 2.09 bits per heavy atom. The molecular weight excluding hydrogens is 296 g/mol. The second-order valence-corrected chi connectivity index (χ2v) is 6.20. The van der Waals surface area contributed by atoms with Gasteiger partial charge in [-0.2, -0.15) is 0 Å². The van der Waals surface area contributed by atoms with Gasteiger partial charge in [-0.05, 0) is 38.1 Å². The van der Waals surface area contributed by atoms with Crippen LogP contribution in [0.15, 0.2) is 18.2 Å². The number of benzene rings is 1. The van der Waals surface area contributed by atoms with Gasteiger partial charge in [0.1, 0.15) is 13.2 Å². The summed E-state index contributed by atoms with van der Waals surface area (Å²) >= 11 is 0. The Hall–Kier alpha value is -1.79. The normalized spacial score (nSPS) is 19.2. The van der Waals surface area contributed by atoms with Crippen LogP contribution in [0.25, 0.3) is 0 Å². The number of piperidine rings is 1. The quantitative estimate of drug-likeness (QED) is 0.853. The number of rotatable bonds is 5. The van der Waals surface area contributed by atoms with Crippen LogP contribution in [0.1, 0.15) is 23.2 Å². The zero-order valence-electron chi connectivity index (χ0n) is 13.5. The lowest BCUT2D eigenvalue weighted by molar-refractivity contribution is 0.0510. The first-order chi connectivity index (χ1) is 11.2. The molecule has 2 heterocycles. The number of nitrogens with one attached hydrogen (secondary N) is 2. The third kappa shape index (κ3) is 3.59. The smallest absolute Gasteiger partial charge is 0.255 e. The van der Waals surface area contributed by atoms with Crippen LogP contribution < -0.4 is 20.1 Å². The third-order valence-corrected chi connectivity index (χ3v) is 4.55. The molecule has 2 N–H and O–H groups in total. The molecule has 1 fully saturated rings. The number of hydrogen-bond acceptors (Lipinski definition) is 5. The fourth-order valence-corrected chi connectivity index (χ4v) is 3.25. The van der Waals surface area contributed by atoms with Crippen LogP contribution in [0, 0.1) is 5.41 Å². The van der Waals surface area contributed by atoms with Gasteiger partial charge in [0.15, 0.2) is 11.5 Å². The van der Waals surface area contributed by atoms with E-state index in [9.17, 15) is 4.79 Å². The molecule has 126 valence electrons. The van der Waals surface area contributed by atoms with Crippen LogP contribution in [0.2, 0.25) is 0 Å². The topological polar surface area (TPSA) is 68.8 Å². The van der Waals surface area contributed by atoms with E-state index < -0.39 is 0 Å². The van der Waals surface area contributed by atoms with E-state index in [1.165, 1.54) is 0 Å². The molecule has 23 heavy (non-hydrogen) atoms. The van der Waals surface area contributed by atoms with Crippen molar-refractivity contribution in [2.24, 2.45) is 5.41 Å². The first-order valence-corrected chi connectivity index (χ1v) is 8.11. The van der Waals surface area contributed by atoms with E-state index in [4.69, 9.17) is 14.2 Å². The highest BCUT2D eigenvalue weighted by Crippen LogP contribution is 2.34. The summed E-state index contributed by atoms with van der Waals surface area (Å²) in [5.41, 5.74) is 0.533. The number of para-hydroxylation sites is 1. The van der Waals surface area contributed by atoms with Gasteiger partial charge in [0.05, 0.1) is 12.2 Å². The molecule has 1 saturated heterocycles. The Bertz CT molecular complexity index is 550. The van der Waals surface area contributed by atoms with Gasteiger partial charge < -0.3 is 24.8 Å². The first kappa shape index (κ1) is 16.1. The van der Waals surface area contributed by atoms with E-state index in [2.05, 4.69) is 10.6 Å². The van der Waals surface area contributed by atoms with Crippen molar-refractivity contribution in [1.82, 2.24) is 10.6 Å². The summed E-state index contributed by atoms with van der Waals surface area (Å²) in [7, 11) is 1.71. The lowest BCUT2D eigenvalue weighted by atomic mass is 9.79. The summed E-state index contributed by atoms with van der Waals surface area (Å²) in [6.07, 6.45) is 1.99. The van der Waals surface area contributed by atoms with Gasteiger partial charge in [0.2, 0.25) is 0 Å². The number of amides is 1. The Morgan fingerprint density at radius 1 is 1.30 bits per heavy atom. The largest absolute Gasteiger partial charge is 0.486 e. The Morgan fingerprint density at radius 3 is 2.87 bits per heavy atom. The Kier molecular flexibility index (Phi) is 5.03. The molecule has 0 unspecified atom stereocenters. The van der Waals surface area contributed by atoms with E-state index in [0.29, 0.717) is 43.4 Å². The van der Waals surface area contributed by atoms with Crippen LogP contribution >= 0.6 is 0 Å². The molecule has 0 bridgehead atoms. The second-order valence-electron chi connectivity index (χ2n) is 6.20. The summed E-state index contributed by atoms with van der Waals surface area (Å²) in [6, 6.07) is 5.41. The number of methoxy groups -OCH3 is 1. The summed E-state index contributed by atoms with van der Waals surface area (Å²) in [5.74, 6) is 1.06. The number of hydrogen-bond donors (Lipinski definition) is 2.